The molecule has 0 saturated heterocycles. The molecule has 0 aliphatic rings. The summed E-state index contributed by atoms with van der Waals surface area (Å²) in [4.78, 5) is 22.6. The summed E-state index contributed by atoms with van der Waals surface area (Å²) < 4.78 is 12.0. The van der Waals surface area contributed by atoms with Gasteiger partial charge in [-0.3, -0.25) is 9.59 Å². The normalized spacial score (nSPS) is 11.9. The van der Waals surface area contributed by atoms with Crippen LogP contribution < -0.4 is 14.8 Å². The monoisotopic (exact) mass is 447 g/mol. The molecule has 2 rings (SSSR count). The van der Waals surface area contributed by atoms with E-state index in [0.717, 1.165) is 11.1 Å². The number of aryl methyl sites for hydroxylation is 1. The van der Waals surface area contributed by atoms with Crippen molar-refractivity contribution in [3.63, 3.8) is 0 Å². The molecule has 7 heteroatoms. The van der Waals surface area contributed by atoms with Crippen LogP contribution in [0.2, 0.25) is 0 Å². The van der Waals surface area contributed by atoms with Crippen molar-refractivity contribution < 1.29 is 24.2 Å². The first-order valence-electron chi connectivity index (χ1n) is 8.57. The third-order valence-corrected chi connectivity index (χ3v) is 4.46. The van der Waals surface area contributed by atoms with E-state index in [1.54, 1.807) is 18.2 Å². The summed E-state index contributed by atoms with van der Waals surface area (Å²) in [5.74, 6) is -0.517. The number of benzene rings is 2. The van der Waals surface area contributed by atoms with Crippen molar-refractivity contribution in [2.45, 2.75) is 26.5 Å². The Bertz CT molecular complexity index is 894. The molecular weight excluding hydrogens is 426 g/mol. The van der Waals surface area contributed by atoms with Crippen LogP contribution in [0.4, 0.5) is 0 Å². The maximum absolute atomic E-state index is 11.8. The van der Waals surface area contributed by atoms with Gasteiger partial charge in [-0.25, -0.2) is 0 Å². The Kier molecular flexibility index (Phi) is 7.63. The van der Waals surface area contributed by atoms with Gasteiger partial charge in [-0.05, 0) is 59.1 Å². The number of hydrogen-bond acceptors (Lipinski definition) is 4. The lowest BCUT2D eigenvalue weighted by Crippen LogP contribution is -2.37. The third kappa shape index (κ3) is 6.13. The first-order valence-corrected chi connectivity index (χ1v) is 9.36. The summed E-state index contributed by atoms with van der Waals surface area (Å²) in [7, 11) is 1.54. The molecule has 0 heterocycles. The number of methoxy groups -OCH3 is 1. The van der Waals surface area contributed by atoms with Gasteiger partial charge in [0.15, 0.2) is 11.5 Å². The Balaban J connectivity index is 2.13. The van der Waals surface area contributed by atoms with E-state index in [1.807, 2.05) is 31.2 Å². The zero-order valence-electron chi connectivity index (χ0n) is 15.9. The van der Waals surface area contributed by atoms with Crippen LogP contribution in [0.1, 0.15) is 23.6 Å². The molecule has 0 aliphatic heterocycles. The maximum atomic E-state index is 11.8. The lowest BCUT2D eigenvalue weighted by atomic mass is 10.1. The highest BCUT2D eigenvalue weighted by Gasteiger charge is 2.13. The molecule has 0 bridgehead atoms. The van der Waals surface area contributed by atoms with Gasteiger partial charge < -0.3 is 19.9 Å². The van der Waals surface area contributed by atoms with Crippen LogP contribution in [0, 0.1) is 6.92 Å². The number of amides is 1. The summed E-state index contributed by atoms with van der Waals surface area (Å²) in [6.45, 7) is 3.81. The van der Waals surface area contributed by atoms with Crippen molar-refractivity contribution in [2.75, 3.05) is 7.11 Å². The van der Waals surface area contributed by atoms with Gasteiger partial charge in [0.25, 0.3) is 0 Å². The summed E-state index contributed by atoms with van der Waals surface area (Å²) in [5, 5.41) is 11.2. The van der Waals surface area contributed by atoms with Crippen molar-refractivity contribution in [1.82, 2.24) is 5.32 Å². The quantitative estimate of drug-likeness (QED) is 0.598. The molecule has 2 aromatic rings. The molecule has 0 saturated carbocycles. The molecule has 2 N–H and O–H groups in total. The molecule has 0 fully saturated rings. The average Bonchev–Trinajstić information content (AvgIpc) is 2.65. The number of nitrogens with one attached hydrogen (secondary N) is 1. The molecule has 0 spiro atoms. The molecule has 28 heavy (non-hydrogen) atoms. The van der Waals surface area contributed by atoms with Crippen molar-refractivity contribution in [3.05, 3.63) is 63.6 Å². The van der Waals surface area contributed by atoms with Gasteiger partial charge in [0.05, 0.1) is 11.6 Å². The maximum Gasteiger partial charge on any atom is 0.325 e. The Morgan fingerprint density at radius 3 is 2.68 bits per heavy atom. The topological polar surface area (TPSA) is 84.9 Å². The molecule has 148 valence electrons. The van der Waals surface area contributed by atoms with Gasteiger partial charge in [-0.2, -0.15) is 0 Å². The van der Waals surface area contributed by atoms with E-state index in [4.69, 9.17) is 14.6 Å². The number of halogens is 1. The Morgan fingerprint density at radius 2 is 2.04 bits per heavy atom. The third-order valence-electron chi connectivity index (χ3n) is 3.87. The van der Waals surface area contributed by atoms with Gasteiger partial charge in [0.1, 0.15) is 12.6 Å². The van der Waals surface area contributed by atoms with Gasteiger partial charge >= 0.3 is 5.97 Å². The van der Waals surface area contributed by atoms with Gasteiger partial charge in [0.2, 0.25) is 5.91 Å². The number of carbonyl (C=O) groups is 2. The number of carbonyl (C=O) groups excluding carboxylic acids is 1. The zero-order valence-corrected chi connectivity index (χ0v) is 17.4. The molecule has 0 radical (unpaired) electrons. The summed E-state index contributed by atoms with van der Waals surface area (Å²) >= 11 is 3.48. The molecule has 1 atom stereocenters. The summed E-state index contributed by atoms with van der Waals surface area (Å²) in [5.41, 5.74) is 2.90. The molecular formula is C21H22BrNO5. The molecule has 6 nitrogen and oxygen atoms in total. The lowest BCUT2D eigenvalue weighted by Gasteiger charge is -2.14. The second kappa shape index (κ2) is 9.94. The lowest BCUT2D eigenvalue weighted by molar-refractivity contribution is -0.140. The van der Waals surface area contributed by atoms with E-state index >= 15 is 0 Å². The molecule has 2 aromatic carbocycles. The predicted octanol–water partition coefficient (Wildman–Crippen LogP) is 3.95. The number of carboxylic acid groups (broad SMARTS) is 1. The summed E-state index contributed by atoms with van der Waals surface area (Å²) in [6.07, 6.45) is 2.84. The average molecular weight is 448 g/mol. The first kappa shape index (κ1) is 21.5. The van der Waals surface area contributed by atoms with Crippen molar-refractivity contribution in [2.24, 2.45) is 0 Å². The highest BCUT2D eigenvalue weighted by Crippen LogP contribution is 2.37. The second-order valence-corrected chi connectivity index (χ2v) is 7.07. The standard InChI is InChI=1S/C21H22BrNO5/c1-13-5-4-6-16(9-13)12-28-20-17(22)10-15(11-18(20)27-3)7-8-19(24)23-14(2)21(25)26/h4-11,14H,12H2,1-3H3,(H,23,24)(H,25,26)/b8-7+/t14-/m0/s1. The van der Waals surface area contributed by atoms with Gasteiger partial charge in [0, 0.05) is 6.08 Å². The number of hydrogen-bond donors (Lipinski definition) is 2. The molecule has 0 aromatic heterocycles. The van der Waals surface area contributed by atoms with E-state index in [0.29, 0.717) is 28.1 Å². The largest absolute Gasteiger partial charge is 0.493 e. The highest BCUT2D eigenvalue weighted by molar-refractivity contribution is 9.10. The minimum atomic E-state index is -1.10. The van der Waals surface area contributed by atoms with Crippen molar-refractivity contribution >= 4 is 33.9 Å². The minimum Gasteiger partial charge on any atom is -0.493 e. The van der Waals surface area contributed by atoms with Crippen molar-refractivity contribution in [3.8, 4) is 11.5 Å². The van der Waals surface area contributed by atoms with E-state index in [-0.39, 0.29) is 0 Å². The fourth-order valence-corrected chi connectivity index (χ4v) is 3.00. The number of carboxylic acids is 1. The van der Waals surface area contributed by atoms with Crippen LogP contribution in [-0.2, 0) is 16.2 Å². The second-order valence-electron chi connectivity index (χ2n) is 6.21. The highest BCUT2D eigenvalue weighted by atomic mass is 79.9. The van der Waals surface area contributed by atoms with E-state index in [9.17, 15) is 9.59 Å². The zero-order chi connectivity index (χ0) is 20.7. The fraction of sp³-hybridized carbons (Fsp3) is 0.238. The Labute approximate surface area is 172 Å². The SMILES string of the molecule is COc1cc(/C=C/C(=O)N[C@@H](C)C(=O)O)cc(Br)c1OCc1cccc(C)c1. The predicted molar refractivity (Wildman–Crippen MR) is 110 cm³/mol. The minimum absolute atomic E-state index is 0.390. The van der Waals surface area contributed by atoms with Crippen LogP contribution in [-0.4, -0.2) is 30.1 Å². The van der Waals surface area contributed by atoms with E-state index in [2.05, 4.69) is 21.2 Å². The smallest absolute Gasteiger partial charge is 0.325 e. The molecule has 1 amide bonds. The van der Waals surface area contributed by atoms with E-state index in [1.165, 1.54) is 20.1 Å². The number of aliphatic carboxylic acids is 1. The molecule has 0 aliphatic carbocycles. The van der Waals surface area contributed by atoms with Crippen LogP contribution in [0.25, 0.3) is 6.08 Å². The summed E-state index contributed by atoms with van der Waals surface area (Å²) in [6, 6.07) is 10.6. The number of rotatable bonds is 8. The van der Waals surface area contributed by atoms with Crippen LogP contribution >= 0.6 is 15.9 Å². The fourth-order valence-electron chi connectivity index (χ4n) is 2.43. The van der Waals surface area contributed by atoms with Gasteiger partial charge in [-0.1, -0.05) is 29.8 Å². The van der Waals surface area contributed by atoms with Crippen LogP contribution in [0.5, 0.6) is 11.5 Å². The number of ether oxygens (including phenoxy) is 2. The van der Waals surface area contributed by atoms with Gasteiger partial charge in [-0.15, -0.1) is 0 Å². The van der Waals surface area contributed by atoms with Crippen LogP contribution in [0.15, 0.2) is 46.9 Å². The van der Waals surface area contributed by atoms with Crippen molar-refractivity contribution in [1.29, 1.82) is 0 Å². The Hall–Kier alpha value is -2.80. The first-order chi connectivity index (χ1) is 13.3. The van der Waals surface area contributed by atoms with E-state index < -0.39 is 17.9 Å². The molecule has 0 unspecified atom stereocenters. The Morgan fingerprint density at radius 1 is 1.29 bits per heavy atom. The van der Waals surface area contributed by atoms with Crippen LogP contribution in [0.3, 0.4) is 0 Å².